The Balaban J connectivity index is 1.29. The number of fused-ring (bicyclic) bond motifs is 4. The predicted molar refractivity (Wildman–Crippen MR) is 199 cm³/mol. The zero-order chi connectivity index (χ0) is 34.8. The summed E-state index contributed by atoms with van der Waals surface area (Å²) >= 11 is 3.84. The number of carbonyl (C=O) groups excluding carboxylic acids is 1. The molecule has 3 aliphatic heterocycles. The van der Waals surface area contributed by atoms with Crippen LogP contribution in [0.15, 0.2) is 42.6 Å². The number of benzene rings is 2. The van der Waals surface area contributed by atoms with E-state index in [0.717, 1.165) is 65.9 Å². The van der Waals surface area contributed by atoms with Gasteiger partial charge >= 0.3 is 202 Å². The minimum absolute atomic E-state index is 0.0530. The van der Waals surface area contributed by atoms with E-state index in [2.05, 4.69) is 29.5 Å². The Morgan fingerprint density at radius 1 is 1.12 bits per heavy atom. The van der Waals surface area contributed by atoms with Gasteiger partial charge in [-0.1, -0.05) is 0 Å². The number of hydrogen-bond acceptors (Lipinski definition) is 10. The standard InChI is InChI=1S/C36H39FN7O3.PS.Tl/c1-5-23-8-6-9-24-10-7-11-27(29(23)24)31-30(37)32-28(20-39-31)33(41-34(40-32)46-19-18-42-16-14-38-15-17-42)43-21-25-12-13-26(22-43)44(25)35(45)47-36(2,3)4;1-2;/h6-11,20,25-26,38H,12-19,21-22H2,2-4H3;;/q;-1;+2. The van der Waals surface area contributed by atoms with Gasteiger partial charge in [0.1, 0.15) is 5.60 Å². The number of anilines is 1. The number of carbonyl (C=O) groups is 1. The van der Waals surface area contributed by atoms with Gasteiger partial charge in [0.15, 0.2) is 0 Å². The van der Waals surface area contributed by atoms with Gasteiger partial charge in [0.05, 0.1) is 12.1 Å². The second-order valence-corrected chi connectivity index (χ2v) is 26.5. The Bertz CT molecular complexity index is 2040. The quantitative estimate of drug-likeness (QED) is 0.158. The molecule has 1 amide bonds. The fourth-order valence-corrected chi connectivity index (χ4v) is 10.7. The van der Waals surface area contributed by atoms with Gasteiger partial charge in [-0.2, -0.15) is 0 Å². The molecule has 2 atom stereocenters. The molecule has 3 fully saturated rings. The molecule has 0 spiro atoms. The summed E-state index contributed by atoms with van der Waals surface area (Å²) in [5, 5.41) is 5.69. The molecule has 1 N–H and O–H groups in total. The topological polar surface area (TPSA) is 96.0 Å². The Morgan fingerprint density at radius 2 is 1.86 bits per heavy atom. The first-order valence-electron chi connectivity index (χ1n) is 17.1. The number of hydrogen-bond donors (Lipinski definition) is 1. The molecular formula is C36H39FN7O3PSTl+. The second-order valence-electron chi connectivity index (χ2n) is 13.8. The van der Waals surface area contributed by atoms with Crippen LogP contribution in [0.1, 0.15) is 39.2 Å². The second kappa shape index (κ2) is 15.3. The normalized spacial score (nSPS) is 19.2. The van der Waals surface area contributed by atoms with Crippen molar-refractivity contribution in [3.63, 3.8) is 0 Å². The van der Waals surface area contributed by atoms with Crippen LogP contribution in [0.3, 0.4) is 0 Å². The van der Waals surface area contributed by atoms with Crippen molar-refractivity contribution in [1.82, 2.24) is 30.1 Å². The van der Waals surface area contributed by atoms with Crippen molar-refractivity contribution in [2.75, 3.05) is 57.3 Å². The fraction of sp³-hybridized carbons (Fsp3) is 0.444. The van der Waals surface area contributed by atoms with Gasteiger partial charge in [0.25, 0.3) is 0 Å². The van der Waals surface area contributed by atoms with Crippen LogP contribution in [-0.2, 0) is 16.5 Å². The number of nitrogens with zero attached hydrogens (tertiary/aromatic N) is 6. The number of amides is 1. The molecule has 3 aliphatic rings. The molecule has 0 radical (unpaired) electrons. The SMILES string of the molecule is CC(C)(C)OC(=O)N1C2CCC1CN(c1nc(OCCN3CCNCC3)nc3c(F)c(-c4cccc5cccc(C#[C][Tl]=[P+]=S)c45)ncc13)C2. The van der Waals surface area contributed by atoms with Crippen LogP contribution in [0.25, 0.3) is 32.9 Å². The van der Waals surface area contributed by atoms with E-state index in [4.69, 9.17) is 31.2 Å². The number of nitrogens with one attached hydrogen (secondary N) is 1. The van der Waals surface area contributed by atoms with Gasteiger partial charge in [0, 0.05) is 32.7 Å². The van der Waals surface area contributed by atoms with Gasteiger partial charge in [-0.25, -0.2) is 4.79 Å². The Morgan fingerprint density at radius 3 is 2.58 bits per heavy atom. The monoisotopic (exact) mass is 904 g/mol. The molecule has 50 heavy (non-hydrogen) atoms. The fourth-order valence-electron chi connectivity index (χ4n) is 7.18. The van der Waals surface area contributed by atoms with Crippen molar-refractivity contribution in [2.45, 2.75) is 51.3 Å². The summed E-state index contributed by atoms with van der Waals surface area (Å²) in [6, 6.07) is 11.8. The Kier molecular flexibility index (Phi) is 10.9. The zero-order valence-corrected chi connectivity index (χ0v) is 34.7. The number of halogens is 1. The van der Waals surface area contributed by atoms with Gasteiger partial charge in [-0.05, 0) is 33.6 Å². The van der Waals surface area contributed by atoms with Crippen molar-refractivity contribution < 1.29 is 18.7 Å². The van der Waals surface area contributed by atoms with E-state index in [0.29, 0.717) is 36.5 Å². The molecule has 5 heterocycles. The third kappa shape index (κ3) is 7.63. The van der Waals surface area contributed by atoms with Crippen LogP contribution >= 0.6 is 4.00 Å². The average molecular weight is 904 g/mol. The first kappa shape index (κ1) is 35.4. The molecule has 3 saturated heterocycles. The summed E-state index contributed by atoms with van der Waals surface area (Å²) in [5.41, 5.74) is 1.27. The van der Waals surface area contributed by atoms with Crippen molar-refractivity contribution in [2.24, 2.45) is 0 Å². The molecule has 0 aliphatic carbocycles. The van der Waals surface area contributed by atoms with Crippen molar-refractivity contribution >= 4 is 72.5 Å². The molecule has 10 nitrogen and oxygen atoms in total. The molecule has 0 saturated carbocycles. The number of ether oxygens (including phenoxy) is 2. The molecule has 2 unspecified atom stereocenters. The molecule has 14 heteroatoms. The number of piperazine rings is 2. The van der Waals surface area contributed by atoms with E-state index in [1.807, 2.05) is 62.1 Å². The number of pyridine rings is 1. The van der Waals surface area contributed by atoms with Gasteiger partial charge in [-0.15, -0.1) is 0 Å². The summed E-state index contributed by atoms with van der Waals surface area (Å²) in [5.74, 6) is 3.35. The number of rotatable bonds is 6. The van der Waals surface area contributed by atoms with Crippen molar-refractivity contribution in [3.05, 3.63) is 54.0 Å². The molecule has 4 aromatic rings. The Hall–Kier alpha value is -2.96. The number of aromatic nitrogens is 3. The van der Waals surface area contributed by atoms with Gasteiger partial charge < -0.3 is 10.1 Å². The first-order valence-corrected chi connectivity index (χ1v) is 27.3. The van der Waals surface area contributed by atoms with Crippen LogP contribution in [0, 0.1) is 15.2 Å². The van der Waals surface area contributed by atoms with Crippen LogP contribution < -0.4 is 15.0 Å². The van der Waals surface area contributed by atoms with Crippen LogP contribution in [-0.4, -0.2) is 124 Å². The van der Waals surface area contributed by atoms with Crippen LogP contribution in [0.5, 0.6) is 6.01 Å². The van der Waals surface area contributed by atoms with Crippen molar-refractivity contribution in [3.8, 4) is 26.7 Å². The van der Waals surface area contributed by atoms with Gasteiger partial charge in [0.2, 0.25) is 0 Å². The summed E-state index contributed by atoms with van der Waals surface area (Å²) in [4.78, 5) is 33.8. The van der Waals surface area contributed by atoms with E-state index in [9.17, 15) is 4.79 Å². The van der Waals surface area contributed by atoms with E-state index in [-0.39, 0.29) is 35.4 Å². The minimum atomic E-state index is -1.31. The molecule has 2 aromatic heterocycles. The average Bonchev–Trinajstić information content (AvgIpc) is 3.37. The summed E-state index contributed by atoms with van der Waals surface area (Å²) in [6.07, 6.45) is 3.10. The third-order valence-corrected chi connectivity index (χ3v) is 15.7. The van der Waals surface area contributed by atoms with Crippen LogP contribution in [0.4, 0.5) is 15.0 Å². The van der Waals surface area contributed by atoms with E-state index < -0.39 is 34.5 Å². The van der Waals surface area contributed by atoms with E-state index in [1.165, 1.54) is 0 Å². The molecular weight excluding hydrogens is 865 g/mol. The maximum atomic E-state index is 17.0. The zero-order valence-electron chi connectivity index (χ0n) is 28.5. The predicted octanol–water partition coefficient (Wildman–Crippen LogP) is 5.19. The summed E-state index contributed by atoms with van der Waals surface area (Å²) in [7, 11) is 0. The van der Waals surface area contributed by atoms with Crippen molar-refractivity contribution in [1.29, 1.82) is 0 Å². The van der Waals surface area contributed by atoms with Gasteiger partial charge in [-0.3, -0.25) is 9.80 Å². The summed E-state index contributed by atoms with van der Waals surface area (Å²) in [6.45, 7) is 11.6. The Labute approximate surface area is 308 Å². The molecule has 2 bridgehead atoms. The molecule has 2 aromatic carbocycles. The molecule has 7 rings (SSSR count). The maximum absolute atomic E-state index is 17.0. The van der Waals surface area contributed by atoms with E-state index in [1.54, 1.807) is 6.20 Å². The summed E-state index contributed by atoms with van der Waals surface area (Å²) < 4.78 is 33.3. The molecule has 256 valence electrons. The van der Waals surface area contributed by atoms with E-state index >= 15 is 4.39 Å². The third-order valence-electron chi connectivity index (χ3n) is 9.36. The first-order chi connectivity index (χ1) is 24.2. The van der Waals surface area contributed by atoms with Crippen LogP contribution in [0.2, 0.25) is 0 Å².